The van der Waals surface area contributed by atoms with Crippen molar-refractivity contribution in [3.8, 4) is 0 Å². The van der Waals surface area contributed by atoms with Crippen molar-refractivity contribution >= 4 is 28.8 Å². The molecule has 0 saturated carbocycles. The van der Waals surface area contributed by atoms with Crippen molar-refractivity contribution in [1.82, 2.24) is 9.97 Å². The highest BCUT2D eigenvalue weighted by Gasteiger charge is 2.19. The molecule has 0 amide bonds. The molecule has 0 aliphatic carbocycles. The van der Waals surface area contributed by atoms with Crippen LogP contribution in [0.25, 0.3) is 0 Å². The Bertz CT molecular complexity index is 994. The highest BCUT2D eigenvalue weighted by molar-refractivity contribution is 5.94. The number of aryl methyl sites for hydroxylation is 1. The number of benzene rings is 2. The van der Waals surface area contributed by atoms with Gasteiger partial charge in [-0.05, 0) is 55.8 Å². The summed E-state index contributed by atoms with van der Waals surface area (Å²) in [5, 5.41) is 3.29. The van der Waals surface area contributed by atoms with E-state index in [2.05, 4.69) is 56.3 Å². The van der Waals surface area contributed by atoms with Crippen molar-refractivity contribution in [2.75, 3.05) is 41.3 Å². The van der Waals surface area contributed by atoms with E-state index < -0.39 is 0 Å². The van der Waals surface area contributed by atoms with Gasteiger partial charge < -0.3 is 15.1 Å². The summed E-state index contributed by atoms with van der Waals surface area (Å²) in [4.78, 5) is 24.9. The molecular weight excluding hydrogens is 362 g/mol. The third-order valence-electron chi connectivity index (χ3n) is 5.19. The molecule has 1 aromatic heterocycles. The lowest BCUT2D eigenvalue weighted by Gasteiger charge is -2.36. The molecule has 0 atom stereocenters. The number of Topliss-reactive ketones (excluding diaryl/α,β-unsaturated/α-hetero) is 1. The van der Waals surface area contributed by atoms with E-state index in [-0.39, 0.29) is 5.78 Å². The molecule has 6 heteroatoms. The summed E-state index contributed by atoms with van der Waals surface area (Å²) < 4.78 is 0. The lowest BCUT2D eigenvalue weighted by molar-refractivity contribution is 0.101. The van der Waals surface area contributed by atoms with Crippen LogP contribution in [0.15, 0.2) is 60.9 Å². The summed E-state index contributed by atoms with van der Waals surface area (Å²) in [5.74, 6) is 1.73. The van der Waals surface area contributed by atoms with Crippen molar-refractivity contribution in [3.63, 3.8) is 0 Å². The van der Waals surface area contributed by atoms with E-state index in [9.17, 15) is 4.79 Å². The Balaban J connectivity index is 1.41. The van der Waals surface area contributed by atoms with Gasteiger partial charge in [0, 0.05) is 49.2 Å². The van der Waals surface area contributed by atoms with Crippen molar-refractivity contribution in [2.45, 2.75) is 13.8 Å². The molecule has 2 heterocycles. The first-order valence-corrected chi connectivity index (χ1v) is 9.85. The summed E-state index contributed by atoms with van der Waals surface area (Å²) in [6.45, 7) is 7.45. The summed E-state index contributed by atoms with van der Waals surface area (Å²) in [6, 6.07) is 18.0. The fourth-order valence-corrected chi connectivity index (χ4v) is 3.54. The molecule has 1 saturated heterocycles. The molecule has 1 aliphatic heterocycles. The van der Waals surface area contributed by atoms with Crippen molar-refractivity contribution < 1.29 is 4.79 Å². The normalized spacial score (nSPS) is 14.0. The molecule has 4 rings (SSSR count). The van der Waals surface area contributed by atoms with Gasteiger partial charge in [0.1, 0.15) is 18.0 Å². The maximum Gasteiger partial charge on any atom is 0.159 e. The van der Waals surface area contributed by atoms with Gasteiger partial charge in [0.2, 0.25) is 0 Å². The number of nitrogens with one attached hydrogen (secondary N) is 1. The van der Waals surface area contributed by atoms with Gasteiger partial charge in [0.15, 0.2) is 5.78 Å². The van der Waals surface area contributed by atoms with Crippen LogP contribution in [0, 0.1) is 6.92 Å². The fraction of sp³-hybridized carbons (Fsp3) is 0.261. The van der Waals surface area contributed by atoms with Crippen molar-refractivity contribution in [1.29, 1.82) is 0 Å². The summed E-state index contributed by atoms with van der Waals surface area (Å²) in [7, 11) is 0. The van der Waals surface area contributed by atoms with Gasteiger partial charge in [-0.2, -0.15) is 0 Å². The molecule has 0 radical (unpaired) electrons. The zero-order valence-electron chi connectivity index (χ0n) is 16.8. The number of ketones is 1. The Labute approximate surface area is 171 Å². The van der Waals surface area contributed by atoms with Crippen LogP contribution < -0.4 is 15.1 Å². The molecule has 0 bridgehead atoms. The summed E-state index contributed by atoms with van der Waals surface area (Å²) in [6.07, 6.45) is 1.59. The average molecular weight is 387 g/mol. The average Bonchev–Trinajstić information content (AvgIpc) is 2.74. The van der Waals surface area contributed by atoms with Gasteiger partial charge in [-0.1, -0.05) is 12.1 Å². The van der Waals surface area contributed by atoms with Gasteiger partial charge in [0.25, 0.3) is 0 Å². The first kappa shape index (κ1) is 18.9. The van der Waals surface area contributed by atoms with E-state index in [1.165, 1.54) is 11.3 Å². The molecule has 2 aromatic carbocycles. The van der Waals surface area contributed by atoms with Crippen LogP contribution in [0.1, 0.15) is 22.8 Å². The molecule has 148 valence electrons. The molecule has 1 aliphatic rings. The predicted octanol–water partition coefficient (Wildman–Crippen LogP) is 4.06. The lowest BCUT2D eigenvalue weighted by Crippen LogP contribution is -2.46. The van der Waals surface area contributed by atoms with Gasteiger partial charge in [-0.25, -0.2) is 9.97 Å². The van der Waals surface area contributed by atoms with Gasteiger partial charge in [-0.3, -0.25) is 4.79 Å². The SMILES string of the molecule is CC(=O)c1ccc(Nc2cc(N3CCN(c4cccc(C)c4)CC3)ncn2)cc1. The number of carbonyl (C=O) groups excluding carboxylic acids is 1. The standard InChI is InChI=1S/C23H25N5O/c1-17-4-3-5-21(14-17)27-10-12-28(13-11-27)23-15-22(24-16-25-23)26-20-8-6-19(7-9-20)18(2)29/h3-9,14-16H,10-13H2,1-2H3,(H,24,25,26). The van der Waals surface area contributed by atoms with E-state index in [0.29, 0.717) is 5.56 Å². The van der Waals surface area contributed by atoms with Crippen molar-refractivity contribution in [3.05, 3.63) is 72.1 Å². The third kappa shape index (κ3) is 4.54. The molecule has 1 fully saturated rings. The van der Waals surface area contributed by atoms with Crippen LogP contribution in [-0.4, -0.2) is 41.9 Å². The number of hydrogen-bond donors (Lipinski definition) is 1. The maximum absolute atomic E-state index is 11.4. The van der Waals surface area contributed by atoms with Crippen LogP contribution in [-0.2, 0) is 0 Å². The number of piperazine rings is 1. The molecule has 0 unspecified atom stereocenters. The second kappa shape index (κ2) is 8.31. The lowest BCUT2D eigenvalue weighted by atomic mass is 10.1. The van der Waals surface area contributed by atoms with Gasteiger partial charge >= 0.3 is 0 Å². The van der Waals surface area contributed by atoms with Crippen molar-refractivity contribution in [2.24, 2.45) is 0 Å². The minimum Gasteiger partial charge on any atom is -0.368 e. The molecule has 3 aromatic rings. The van der Waals surface area contributed by atoms with Crippen LogP contribution in [0.5, 0.6) is 0 Å². The van der Waals surface area contributed by atoms with E-state index in [4.69, 9.17) is 0 Å². The molecule has 6 nitrogen and oxygen atoms in total. The second-order valence-electron chi connectivity index (χ2n) is 7.33. The van der Waals surface area contributed by atoms with E-state index in [0.717, 1.165) is 43.5 Å². The highest BCUT2D eigenvalue weighted by atomic mass is 16.1. The first-order chi connectivity index (χ1) is 14.1. The van der Waals surface area contributed by atoms with E-state index >= 15 is 0 Å². The van der Waals surface area contributed by atoms with E-state index in [1.54, 1.807) is 13.3 Å². The minimum absolute atomic E-state index is 0.0608. The summed E-state index contributed by atoms with van der Waals surface area (Å²) >= 11 is 0. The van der Waals surface area contributed by atoms with E-state index in [1.807, 2.05) is 30.3 Å². The Hall–Kier alpha value is -3.41. The minimum atomic E-state index is 0.0608. The summed E-state index contributed by atoms with van der Waals surface area (Å²) in [5.41, 5.74) is 4.16. The number of hydrogen-bond acceptors (Lipinski definition) is 6. The van der Waals surface area contributed by atoms with Gasteiger partial charge in [0.05, 0.1) is 0 Å². The van der Waals surface area contributed by atoms with Crippen LogP contribution >= 0.6 is 0 Å². The smallest absolute Gasteiger partial charge is 0.159 e. The fourth-order valence-electron chi connectivity index (χ4n) is 3.54. The zero-order valence-corrected chi connectivity index (χ0v) is 16.8. The number of aromatic nitrogens is 2. The Kier molecular flexibility index (Phi) is 5.42. The maximum atomic E-state index is 11.4. The highest BCUT2D eigenvalue weighted by Crippen LogP contribution is 2.22. The molecular formula is C23H25N5O. The molecule has 29 heavy (non-hydrogen) atoms. The number of anilines is 4. The van der Waals surface area contributed by atoms with Crippen LogP contribution in [0.4, 0.5) is 23.0 Å². The van der Waals surface area contributed by atoms with Crippen LogP contribution in [0.3, 0.4) is 0 Å². The zero-order chi connectivity index (χ0) is 20.2. The third-order valence-corrected chi connectivity index (χ3v) is 5.19. The Morgan fingerprint density at radius 1 is 0.931 bits per heavy atom. The topological polar surface area (TPSA) is 61.4 Å². The second-order valence-corrected chi connectivity index (χ2v) is 7.33. The predicted molar refractivity (Wildman–Crippen MR) is 117 cm³/mol. The molecule has 1 N–H and O–H groups in total. The monoisotopic (exact) mass is 387 g/mol. The number of nitrogens with zero attached hydrogens (tertiary/aromatic N) is 4. The number of rotatable bonds is 5. The molecule has 0 spiro atoms. The quantitative estimate of drug-likeness (QED) is 0.666. The van der Waals surface area contributed by atoms with Crippen LogP contribution in [0.2, 0.25) is 0 Å². The largest absolute Gasteiger partial charge is 0.368 e. The Morgan fingerprint density at radius 2 is 1.66 bits per heavy atom. The van der Waals surface area contributed by atoms with Gasteiger partial charge in [-0.15, -0.1) is 0 Å². The first-order valence-electron chi connectivity index (χ1n) is 9.85. The number of carbonyl (C=O) groups is 1. The Morgan fingerprint density at radius 3 is 2.34 bits per heavy atom.